The predicted octanol–water partition coefficient (Wildman–Crippen LogP) is 3.76. The number of β-amino-alcohol motifs (C(OH)–C–C–N with tert-alkyl or cyclic N) is 1. The lowest BCUT2D eigenvalue weighted by atomic mass is 10.00. The van der Waals surface area contributed by atoms with Gasteiger partial charge in [-0.2, -0.15) is 0 Å². The molecule has 0 bridgehead atoms. The molecule has 4 nitrogen and oxygen atoms in total. The van der Waals surface area contributed by atoms with E-state index in [4.69, 9.17) is 4.74 Å². The highest BCUT2D eigenvalue weighted by Crippen LogP contribution is 2.44. The summed E-state index contributed by atoms with van der Waals surface area (Å²) in [7, 11) is 0. The zero-order valence-corrected chi connectivity index (χ0v) is 17.8. The normalized spacial score (nSPS) is 20.2. The van der Waals surface area contributed by atoms with E-state index in [2.05, 4.69) is 46.6 Å². The van der Waals surface area contributed by atoms with Crippen molar-refractivity contribution < 1.29 is 9.84 Å². The van der Waals surface area contributed by atoms with E-state index in [1.807, 2.05) is 12.1 Å². The number of hydrogen-bond donors (Lipinski definition) is 2. The van der Waals surface area contributed by atoms with E-state index in [1.54, 1.807) is 0 Å². The Morgan fingerprint density at radius 3 is 2.43 bits per heavy atom. The van der Waals surface area contributed by atoms with Crippen LogP contribution in [0.4, 0.5) is 0 Å². The van der Waals surface area contributed by atoms with Gasteiger partial charge in [-0.25, -0.2) is 0 Å². The Kier molecular flexibility index (Phi) is 6.07. The largest absolute Gasteiger partial charge is 0.491 e. The van der Waals surface area contributed by atoms with Gasteiger partial charge in [0, 0.05) is 37.8 Å². The summed E-state index contributed by atoms with van der Waals surface area (Å²) in [6.45, 7) is 3.76. The molecule has 2 aliphatic carbocycles. The highest BCUT2D eigenvalue weighted by Gasteiger charge is 2.41. The quantitative estimate of drug-likeness (QED) is 0.631. The lowest BCUT2D eigenvalue weighted by Crippen LogP contribution is -2.38. The van der Waals surface area contributed by atoms with Crippen molar-refractivity contribution in [1.82, 2.24) is 10.2 Å². The fourth-order valence-electron chi connectivity index (χ4n) is 4.89. The van der Waals surface area contributed by atoms with Gasteiger partial charge in [-0.1, -0.05) is 42.5 Å². The molecule has 0 spiro atoms. The third-order valence-electron chi connectivity index (χ3n) is 6.87. The molecule has 2 aromatic rings. The van der Waals surface area contributed by atoms with Crippen LogP contribution in [-0.4, -0.2) is 41.8 Å². The molecule has 160 valence electrons. The van der Waals surface area contributed by atoms with E-state index in [9.17, 15) is 5.11 Å². The van der Waals surface area contributed by atoms with Crippen LogP contribution in [-0.2, 0) is 19.5 Å². The first-order chi connectivity index (χ1) is 14.8. The molecule has 2 saturated carbocycles. The maximum absolute atomic E-state index is 10.6. The summed E-state index contributed by atoms with van der Waals surface area (Å²) >= 11 is 0. The molecule has 1 atom stereocenters. The molecule has 5 rings (SSSR count). The second kappa shape index (κ2) is 9.09. The van der Waals surface area contributed by atoms with Crippen molar-refractivity contribution in [3.8, 4) is 5.75 Å². The lowest BCUT2D eigenvalue weighted by Gasteiger charge is -2.30. The second-order valence-electron chi connectivity index (χ2n) is 9.41. The summed E-state index contributed by atoms with van der Waals surface area (Å²) in [6.07, 6.45) is 6.13. The number of para-hydroxylation sites is 1. The average Bonchev–Trinajstić information content (AvgIpc) is 3.68. The van der Waals surface area contributed by atoms with E-state index >= 15 is 0 Å². The molecule has 0 saturated heterocycles. The van der Waals surface area contributed by atoms with Gasteiger partial charge < -0.3 is 15.2 Å². The molecule has 2 fully saturated rings. The molecule has 0 amide bonds. The van der Waals surface area contributed by atoms with E-state index in [0.717, 1.165) is 43.6 Å². The second-order valence-corrected chi connectivity index (χ2v) is 9.41. The molecule has 30 heavy (non-hydrogen) atoms. The van der Waals surface area contributed by atoms with E-state index < -0.39 is 6.10 Å². The smallest absolute Gasteiger partial charge is 0.123 e. The van der Waals surface area contributed by atoms with Gasteiger partial charge in [0.05, 0.1) is 0 Å². The van der Waals surface area contributed by atoms with Crippen molar-refractivity contribution in [3.63, 3.8) is 0 Å². The van der Waals surface area contributed by atoms with Crippen molar-refractivity contribution in [2.24, 2.45) is 11.8 Å². The van der Waals surface area contributed by atoms with Crippen LogP contribution >= 0.6 is 0 Å². The number of benzene rings is 2. The van der Waals surface area contributed by atoms with E-state index in [0.29, 0.717) is 19.2 Å². The van der Waals surface area contributed by atoms with Gasteiger partial charge in [-0.15, -0.1) is 0 Å². The van der Waals surface area contributed by atoms with Gasteiger partial charge in [0.2, 0.25) is 0 Å². The zero-order valence-electron chi connectivity index (χ0n) is 17.8. The molecule has 0 radical (unpaired) electrons. The van der Waals surface area contributed by atoms with Crippen LogP contribution in [0.3, 0.4) is 0 Å². The molecule has 3 aliphatic rings. The zero-order chi connectivity index (χ0) is 20.3. The van der Waals surface area contributed by atoms with Gasteiger partial charge in [0.15, 0.2) is 0 Å². The number of rotatable bonds is 10. The molecule has 2 N–H and O–H groups in total. The Morgan fingerprint density at radius 2 is 1.67 bits per heavy atom. The Labute approximate surface area is 180 Å². The topological polar surface area (TPSA) is 44.7 Å². The Hall–Kier alpha value is -1.88. The minimum absolute atomic E-state index is 0.337. The molecular formula is C26H34N2O2. The number of hydrogen-bond acceptors (Lipinski definition) is 4. The minimum Gasteiger partial charge on any atom is -0.491 e. The number of nitrogens with zero attached hydrogens (tertiary/aromatic N) is 1. The molecule has 0 aromatic heterocycles. The van der Waals surface area contributed by atoms with Gasteiger partial charge >= 0.3 is 0 Å². The first-order valence-electron chi connectivity index (χ1n) is 11.7. The summed E-state index contributed by atoms with van der Waals surface area (Å²) in [5.41, 5.74) is 4.02. The first-order valence-corrected chi connectivity index (χ1v) is 11.7. The summed E-state index contributed by atoms with van der Waals surface area (Å²) in [5.74, 6) is 2.68. The molecule has 1 heterocycles. The molecular weight excluding hydrogens is 372 g/mol. The third kappa shape index (κ3) is 5.05. The van der Waals surface area contributed by atoms with Crippen LogP contribution < -0.4 is 10.1 Å². The van der Waals surface area contributed by atoms with Crippen molar-refractivity contribution >= 4 is 0 Å². The van der Waals surface area contributed by atoms with Crippen LogP contribution in [0.5, 0.6) is 5.75 Å². The monoisotopic (exact) mass is 406 g/mol. The summed E-state index contributed by atoms with van der Waals surface area (Å²) < 4.78 is 6.08. The number of aliphatic hydroxyl groups is 1. The number of ether oxygens (including phenoxy) is 1. The van der Waals surface area contributed by atoms with E-state index in [1.165, 1.54) is 42.4 Å². The fraction of sp³-hybridized carbons (Fsp3) is 0.538. The summed E-state index contributed by atoms with van der Waals surface area (Å²) in [4.78, 5) is 2.33. The highest BCUT2D eigenvalue weighted by molar-refractivity contribution is 5.33. The number of fused-ring (bicyclic) bond motifs is 1. The predicted molar refractivity (Wildman–Crippen MR) is 119 cm³/mol. The fourth-order valence-corrected chi connectivity index (χ4v) is 4.89. The summed E-state index contributed by atoms with van der Waals surface area (Å²) in [6, 6.07) is 17.6. The minimum atomic E-state index is -0.484. The van der Waals surface area contributed by atoms with Crippen LogP contribution in [0.25, 0.3) is 0 Å². The van der Waals surface area contributed by atoms with Crippen LogP contribution in [0.1, 0.15) is 42.4 Å². The highest BCUT2D eigenvalue weighted by atomic mass is 16.5. The number of nitrogens with one attached hydrogen (secondary N) is 1. The summed E-state index contributed by atoms with van der Waals surface area (Å²) in [5, 5.41) is 14.4. The van der Waals surface area contributed by atoms with Crippen molar-refractivity contribution in [1.29, 1.82) is 0 Å². The first kappa shape index (κ1) is 20.0. The molecule has 2 aromatic carbocycles. The van der Waals surface area contributed by atoms with Gasteiger partial charge in [0.1, 0.15) is 18.5 Å². The standard InChI is InChI=1S/C26H34N2O2/c29-24(17-28-14-13-19-5-1-2-7-23(19)16-28)18-30-25-8-4-3-6-22(25)15-27-26(20-9-10-20)21-11-12-21/h1-8,20-21,24,26-27,29H,9-18H2/t24-/m1/s1. The maximum atomic E-state index is 10.6. The number of aliphatic hydroxyl groups excluding tert-OH is 1. The van der Waals surface area contributed by atoms with Crippen LogP contribution in [0.2, 0.25) is 0 Å². The van der Waals surface area contributed by atoms with Gasteiger partial charge in [0.25, 0.3) is 0 Å². The maximum Gasteiger partial charge on any atom is 0.123 e. The SMILES string of the molecule is O[C@@H](COc1ccccc1CNC(C1CC1)C1CC1)CN1CCc2ccccc2C1. The third-order valence-corrected chi connectivity index (χ3v) is 6.87. The van der Waals surface area contributed by atoms with Gasteiger partial charge in [-0.3, -0.25) is 4.90 Å². The van der Waals surface area contributed by atoms with Crippen LogP contribution in [0.15, 0.2) is 48.5 Å². The Bertz CT molecular complexity index is 834. The van der Waals surface area contributed by atoms with Crippen molar-refractivity contribution in [2.75, 3.05) is 19.7 Å². The van der Waals surface area contributed by atoms with E-state index in [-0.39, 0.29) is 0 Å². The molecule has 1 aliphatic heterocycles. The average molecular weight is 407 g/mol. The van der Waals surface area contributed by atoms with Crippen LogP contribution in [0, 0.1) is 11.8 Å². The molecule has 4 heteroatoms. The molecule has 0 unspecified atom stereocenters. The Balaban J connectivity index is 1.12. The lowest BCUT2D eigenvalue weighted by molar-refractivity contribution is 0.0634. The van der Waals surface area contributed by atoms with Crippen molar-refractivity contribution in [3.05, 3.63) is 65.2 Å². The van der Waals surface area contributed by atoms with Gasteiger partial charge in [-0.05, 0) is 61.1 Å². The van der Waals surface area contributed by atoms with Crippen molar-refractivity contribution in [2.45, 2.75) is 57.3 Å². The Morgan fingerprint density at radius 1 is 0.967 bits per heavy atom.